The summed E-state index contributed by atoms with van der Waals surface area (Å²) < 4.78 is 0. The van der Waals surface area contributed by atoms with Crippen molar-refractivity contribution < 1.29 is 4.79 Å². The molecule has 1 aliphatic carbocycles. The molecule has 86 valence electrons. The molecule has 0 aliphatic heterocycles. The van der Waals surface area contributed by atoms with Gasteiger partial charge in [-0.2, -0.15) is 0 Å². The SMILES string of the molecule is NC(=O)[C@H](CNC1CC1)c1ccc(Cl)cc1. The Morgan fingerprint density at radius 2 is 2.06 bits per heavy atom. The van der Waals surface area contributed by atoms with Crippen molar-refractivity contribution in [2.24, 2.45) is 5.73 Å². The lowest BCUT2D eigenvalue weighted by molar-refractivity contribution is -0.119. The minimum Gasteiger partial charge on any atom is -0.369 e. The van der Waals surface area contributed by atoms with Crippen molar-refractivity contribution >= 4 is 17.5 Å². The van der Waals surface area contributed by atoms with E-state index >= 15 is 0 Å². The first-order chi connectivity index (χ1) is 7.66. The monoisotopic (exact) mass is 238 g/mol. The second-order valence-corrected chi connectivity index (χ2v) is 4.63. The van der Waals surface area contributed by atoms with E-state index in [4.69, 9.17) is 17.3 Å². The normalized spacial score (nSPS) is 17.1. The van der Waals surface area contributed by atoms with Crippen LogP contribution in [0.25, 0.3) is 0 Å². The van der Waals surface area contributed by atoms with Crippen molar-refractivity contribution in [1.82, 2.24) is 5.32 Å². The first-order valence-corrected chi connectivity index (χ1v) is 5.83. The minimum absolute atomic E-state index is 0.266. The topological polar surface area (TPSA) is 55.1 Å². The van der Waals surface area contributed by atoms with Crippen LogP contribution < -0.4 is 11.1 Å². The van der Waals surface area contributed by atoms with Crippen LogP contribution in [0, 0.1) is 0 Å². The number of hydrogen-bond acceptors (Lipinski definition) is 2. The number of primary amides is 1. The number of benzene rings is 1. The van der Waals surface area contributed by atoms with E-state index < -0.39 is 0 Å². The Balaban J connectivity index is 2.04. The van der Waals surface area contributed by atoms with Crippen LogP contribution in [0.4, 0.5) is 0 Å². The summed E-state index contributed by atoms with van der Waals surface area (Å²) in [6.45, 7) is 0.613. The highest BCUT2D eigenvalue weighted by atomic mass is 35.5. The molecule has 1 fully saturated rings. The molecule has 0 unspecified atom stereocenters. The van der Waals surface area contributed by atoms with Gasteiger partial charge < -0.3 is 11.1 Å². The molecule has 4 heteroatoms. The Labute approximate surface area is 100.0 Å². The van der Waals surface area contributed by atoms with Gasteiger partial charge in [-0.25, -0.2) is 0 Å². The van der Waals surface area contributed by atoms with E-state index in [1.807, 2.05) is 12.1 Å². The Bertz CT molecular complexity index is 373. The Morgan fingerprint density at radius 1 is 1.44 bits per heavy atom. The van der Waals surface area contributed by atoms with E-state index in [0.29, 0.717) is 17.6 Å². The number of carbonyl (C=O) groups excluding carboxylic acids is 1. The molecule has 1 aromatic carbocycles. The fourth-order valence-corrected chi connectivity index (χ4v) is 1.78. The van der Waals surface area contributed by atoms with Gasteiger partial charge in [-0.3, -0.25) is 4.79 Å². The molecule has 0 bridgehead atoms. The number of hydrogen-bond donors (Lipinski definition) is 2. The van der Waals surface area contributed by atoms with Gasteiger partial charge in [-0.15, -0.1) is 0 Å². The molecule has 3 N–H and O–H groups in total. The number of halogens is 1. The van der Waals surface area contributed by atoms with Crippen molar-refractivity contribution in [2.45, 2.75) is 24.8 Å². The van der Waals surface area contributed by atoms with E-state index in [1.165, 1.54) is 12.8 Å². The Morgan fingerprint density at radius 3 is 2.56 bits per heavy atom. The average molecular weight is 239 g/mol. The molecule has 0 aromatic heterocycles. The van der Waals surface area contributed by atoms with Gasteiger partial charge in [0.05, 0.1) is 5.92 Å². The van der Waals surface area contributed by atoms with Crippen LogP contribution in [0.2, 0.25) is 5.02 Å². The number of nitrogens with one attached hydrogen (secondary N) is 1. The average Bonchev–Trinajstić information content (AvgIpc) is 3.04. The molecule has 0 heterocycles. The Kier molecular flexibility index (Phi) is 3.46. The summed E-state index contributed by atoms with van der Waals surface area (Å²) in [6, 6.07) is 7.85. The maximum atomic E-state index is 11.4. The number of rotatable bonds is 5. The molecule has 2 rings (SSSR count). The molecule has 1 saturated carbocycles. The van der Waals surface area contributed by atoms with E-state index in [9.17, 15) is 4.79 Å². The highest BCUT2D eigenvalue weighted by Gasteiger charge is 2.24. The predicted octanol–water partition coefficient (Wildman–Crippen LogP) is 1.66. The van der Waals surface area contributed by atoms with Crippen molar-refractivity contribution in [3.63, 3.8) is 0 Å². The van der Waals surface area contributed by atoms with Gasteiger partial charge in [-0.1, -0.05) is 23.7 Å². The molecular formula is C12H15ClN2O. The minimum atomic E-state index is -0.296. The zero-order chi connectivity index (χ0) is 11.5. The number of nitrogens with two attached hydrogens (primary N) is 1. The van der Waals surface area contributed by atoms with Gasteiger partial charge in [0, 0.05) is 17.6 Å². The largest absolute Gasteiger partial charge is 0.369 e. The zero-order valence-corrected chi connectivity index (χ0v) is 9.70. The first kappa shape index (κ1) is 11.4. The lowest BCUT2D eigenvalue weighted by Gasteiger charge is -2.14. The van der Waals surface area contributed by atoms with E-state index in [0.717, 1.165) is 5.56 Å². The fourth-order valence-electron chi connectivity index (χ4n) is 1.65. The maximum absolute atomic E-state index is 11.4. The summed E-state index contributed by atoms with van der Waals surface area (Å²) in [4.78, 5) is 11.4. The van der Waals surface area contributed by atoms with Crippen LogP contribution in [0.3, 0.4) is 0 Å². The summed E-state index contributed by atoms with van der Waals surface area (Å²) in [6.07, 6.45) is 2.40. The lowest BCUT2D eigenvalue weighted by Crippen LogP contribution is -2.32. The summed E-state index contributed by atoms with van der Waals surface area (Å²) in [5.41, 5.74) is 6.32. The molecule has 0 radical (unpaired) electrons. The van der Waals surface area contributed by atoms with Gasteiger partial charge in [0.1, 0.15) is 0 Å². The third-order valence-corrected chi connectivity index (χ3v) is 3.06. The zero-order valence-electron chi connectivity index (χ0n) is 8.95. The van der Waals surface area contributed by atoms with Gasteiger partial charge in [0.25, 0.3) is 0 Å². The maximum Gasteiger partial charge on any atom is 0.226 e. The van der Waals surface area contributed by atoms with E-state index in [-0.39, 0.29) is 11.8 Å². The van der Waals surface area contributed by atoms with E-state index in [2.05, 4.69) is 5.32 Å². The molecule has 0 saturated heterocycles. The molecule has 1 aromatic rings. The van der Waals surface area contributed by atoms with Gasteiger partial charge >= 0.3 is 0 Å². The highest BCUT2D eigenvalue weighted by molar-refractivity contribution is 6.30. The number of amides is 1. The quantitative estimate of drug-likeness (QED) is 0.820. The molecule has 16 heavy (non-hydrogen) atoms. The van der Waals surface area contributed by atoms with Crippen LogP contribution in [-0.2, 0) is 4.79 Å². The van der Waals surface area contributed by atoms with Gasteiger partial charge in [0.15, 0.2) is 0 Å². The molecule has 1 aliphatic rings. The summed E-state index contributed by atoms with van der Waals surface area (Å²) >= 11 is 5.80. The van der Waals surface area contributed by atoms with Crippen molar-refractivity contribution in [2.75, 3.05) is 6.54 Å². The third kappa shape index (κ3) is 2.97. The third-order valence-electron chi connectivity index (χ3n) is 2.80. The smallest absolute Gasteiger partial charge is 0.226 e. The molecule has 0 spiro atoms. The van der Waals surface area contributed by atoms with Crippen LogP contribution in [0.1, 0.15) is 24.3 Å². The molecule has 1 atom stereocenters. The summed E-state index contributed by atoms with van der Waals surface area (Å²) in [7, 11) is 0. The second-order valence-electron chi connectivity index (χ2n) is 4.19. The molecular weight excluding hydrogens is 224 g/mol. The van der Waals surface area contributed by atoms with E-state index in [1.54, 1.807) is 12.1 Å². The highest BCUT2D eigenvalue weighted by Crippen LogP contribution is 2.22. The predicted molar refractivity (Wildman–Crippen MR) is 64.4 cm³/mol. The van der Waals surface area contributed by atoms with Crippen molar-refractivity contribution in [3.05, 3.63) is 34.9 Å². The fraction of sp³-hybridized carbons (Fsp3) is 0.417. The van der Waals surface area contributed by atoms with Gasteiger partial charge in [-0.05, 0) is 30.5 Å². The summed E-state index contributed by atoms with van der Waals surface area (Å²) in [5.74, 6) is -0.562. The lowest BCUT2D eigenvalue weighted by atomic mass is 9.98. The number of carbonyl (C=O) groups is 1. The molecule has 3 nitrogen and oxygen atoms in total. The van der Waals surface area contributed by atoms with Crippen molar-refractivity contribution in [1.29, 1.82) is 0 Å². The van der Waals surface area contributed by atoms with Crippen LogP contribution in [0.15, 0.2) is 24.3 Å². The summed E-state index contributed by atoms with van der Waals surface area (Å²) in [5, 5.41) is 3.99. The Hall–Kier alpha value is -1.06. The molecule has 1 amide bonds. The van der Waals surface area contributed by atoms with Crippen LogP contribution in [-0.4, -0.2) is 18.5 Å². The first-order valence-electron chi connectivity index (χ1n) is 5.45. The standard InChI is InChI=1S/C12H15ClN2O/c13-9-3-1-8(2-4-9)11(12(14)16)7-15-10-5-6-10/h1-4,10-11,15H,5-7H2,(H2,14,16)/t11-/m1/s1. The van der Waals surface area contributed by atoms with Gasteiger partial charge in [0.2, 0.25) is 5.91 Å². The van der Waals surface area contributed by atoms with Crippen LogP contribution >= 0.6 is 11.6 Å². The van der Waals surface area contributed by atoms with Crippen molar-refractivity contribution in [3.8, 4) is 0 Å². The second kappa shape index (κ2) is 4.85. The van der Waals surface area contributed by atoms with Crippen LogP contribution in [0.5, 0.6) is 0 Å².